The number of hydrogen-bond donors (Lipinski definition) is 4. The van der Waals surface area contributed by atoms with Crippen LogP contribution in [0, 0.1) is 6.92 Å². The van der Waals surface area contributed by atoms with E-state index in [4.69, 9.17) is 4.74 Å². The Morgan fingerprint density at radius 1 is 0.794 bits per heavy atom. The third kappa shape index (κ3) is 5.01. The van der Waals surface area contributed by atoms with Gasteiger partial charge in [-0.05, 0) is 42.1 Å². The Labute approximate surface area is 193 Å². The summed E-state index contributed by atoms with van der Waals surface area (Å²) in [5.74, 6) is -1.16. The summed E-state index contributed by atoms with van der Waals surface area (Å²) < 4.78 is 102. The van der Waals surface area contributed by atoms with Crippen molar-refractivity contribution >= 4 is 52.5 Å². The van der Waals surface area contributed by atoms with Crippen molar-refractivity contribution in [2.75, 3.05) is 7.11 Å². The summed E-state index contributed by atoms with van der Waals surface area (Å²) in [6.45, 7) is 1.35. The first-order valence-corrected chi connectivity index (χ1v) is 13.2. The molecule has 16 heteroatoms. The molecule has 0 radical (unpaired) electrons. The second-order valence-electron chi connectivity index (χ2n) is 6.87. The highest BCUT2D eigenvalue weighted by molar-refractivity contribution is 7.86. The van der Waals surface area contributed by atoms with Gasteiger partial charge in [-0.2, -0.15) is 25.3 Å². The fourth-order valence-electron chi connectivity index (χ4n) is 3.07. The zero-order valence-corrected chi connectivity index (χ0v) is 19.7. The summed E-state index contributed by atoms with van der Waals surface area (Å²) >= 11 is 0. The summed E-state index contributed by atoms with van der Waals surface area (Å²) in [5, 5.41) is 18.0. The van der Waals surface area contributed by atoms with Crippen molar-refractivity contribution in [1.29, 1.82) is 0 Å². The monoisotopic (exact) mass is 532 g/mol. The van der Waals surface area contributed by atoms with Crippen LogP contribution in [-0.2, 0) is 30.4 Å². The van der Waals surface area contributed by atoms with E-state index in [9.17, 15) is 44.0 Å². The summed E-state index contributed by atoms with van der Waals surface area (Å²) in [7, 11) is -13.1. The van der Waals surface area contributed by atoms with Gasteiger partial charge >= 0.3 is 0 Å². The lowest BCUT2D eigenvalue weighted by atomic mass is 10.1. The van der Waals surface area contributed by atoms with Crippen molar-refractivity contribution in [3.63, 3.8) is 0 Å². The number of phenolic OH excluding ortho intramolecular Hbond substituents is 1. The highest BCUT2D eigenvalue weighted by Gasteiger charge is 2.23. The fraction of sp³-hybridized carbons (Fsp3) is 0.111. The van der Waals surface area contributed by atoms with Crippen molar-refractivity contribution in [2.45, 2.75) is 21.6 Å². The summed E-state index contributed by atoms with van der Waals surface area (Å²) in [6.07, 6.45) is 0. The highest BCUT2D eigenvalue weighted by Crippen LogP contribution is 2.43. The minimum absolute atomic E-state index is 0.00806. The number of azo groups is 1. The largest absolute Gasteiger partial charge is 0.504 e. The van der Waals surface area contributed by atoms with E-state index in [1.807, 2.05) is 0 Å². The molecule has 0 aliphatic heterocycles. The van der Waals surface area contributed by atoms with E-state index in [0.29, 0.717) is 0 Å². The number of phenols is 1. The Bertz CT molecular complexity index is 1680. The second kappa shape index (κ2) is 8.57. The Hall–Kier alpha value is -3.15. The van der Waals surface area contributed by atoms with Crippen LogP contribution < -0.4 is 4.74 Å². The minimum atomic E-state index is -5.00. The molecule has 0 aliphatic rings. The number of benzene rings is 3. The van der Waals surface area contributed by atoms with E-state index >= 15 is 0 Å². The number of aryl methyl sites for hydroxylation is 1. The second-order valence-corrected chi connectivity index (χ2v) is 11.1. The van der Waals surface area contributed by atoms with E-state index in [-0.39, 0.29) is 27.8 Å². The molecule has 4 N–H and O–H groups in total. The molecule has 182 valence electrons. The molecule has 3 rings (SSSR count). The zero-order valence-electron chi connectivity index (χ0n) is 17.2. The molecule has 0 aromatic heterocycles. The van der Waals surface area contributed by atoms with Crippen molar-refractivity contribution in [3.05, 3.63) is 42.0 Å². The van der Waals surface area contributed by atoms with E-state index in [1.165, 1.54) is 20.1 Å². The van der Waals surface area contributed by atoms with Gasteiger partial charge in [-0.3, -0.25) is 13.7 Å². The lowest BCUT2D eigenvalue weighted by Crippen LogP contribution is -2.01. The van der Waals surface area contributed by atoms with Crippen molar-refractivity contribution in [3.8, 4) is 11.5 Å². The number of fused-ring (bicyclic) bond motifs is 1. The molecule has 0 fully saturated rings. The molecule has 0 unspecified atom stereocenters. The van der Waals surface area contributed by atoms with Crippen LogP contribution in [0.4, 0.5) is 11.4 Å². The number of aromatic hydroxyl groups is 1. The molecule has 13 nitrogen and oxygen atoms in total. The topological polar surface area (TPSA) is 217 Å². The van der Waals surface area contributed by atoms with Crippen molar-refractivity contribution < 1.29 is 48.8 Å². The average molecular weight is 533 g/mol. The zero-order chi connectivity index (χ0) is 25.6. The van der Waals surface area contributed by atoms with E-state index < -0.39 is 56.5 Å². The molecule has 0 amide bonds. The quantitative estimate of drug-likeness (QED) is 0.267. The van der Waals surface area contributed by atoms with Crippen LogP contribution in [-0.4, -0.2) is 51.1 Å². The summed E-state index contributed by atoms with van der Waals surface area (Å²) in [5.41, 5.74) is -0.506. The van der Waals surface area contributed by atoms with Gasteiger partial charge in [0.25, 0.3) is 30.4 Å². The minimum Gasteiger partial charge on any atom is -0.504 e. The summed E-state index contributed by atoms with van der Waals surface area (Å²) in [6, 6.07) is 5.92. The van der Waals surface area contributed by atoms with Crippen LogP contribution in [0.2, 0.25) is 0 Å². The number of ether oxygens (including phenoxy) is 1. The molecule has 0 atom stereocenters. The maximum atomic E-state index is 11.7. The lowest BCUT2D eigenvalue weighted by Gasteiger charge is -2.11. The van der Waals surface area contributed by atoms with Crippen LogP contribution >= 0.6 is 0 Å². The van der Waals surface area contributed by atoms with E-state index in [1.54, 1.807) is 0 Å². The standard InChI is InChI=1S/C18H16N2O11S3/c1-9-5-13(14(31-2)8-15(9)33(25,26)27)19-20-17-12-4-3-11(32(22,23)24)6-10(12)7-16(18(17)21)34(28,29)30/h3-8,21H,1-2H3,(H,22,23,24)(H,25,26,27)(H,28,29,30). The Morgan fingerprint density at radius 2 is 1.41 bits per heavy atom. The van der Waals surface area contributed by atoms with Crippen molar-refractivity contribution in [2.24, 2.45) is 10.2 Å². The van der Waals surface area contributed by atoms with Crippen LogP contribution in [0.5, 0.6) is 11.5 Å². The molecular formula is C18H16N2O11S3. The Kier molecular flexibility index (Phi) is 6.42. The average Bonchev–Trinajstić information content (AvgIpc) is 2.70. The number of methoxy groups -OCH3 is 1. The normalized spacial score (nSPS) is 13.0. The number of nitrogens with zero attached hydrogens (tertiary/aromatic N) is 2. The molecule has 34 heavy (non-hydrogen) atoms. The molecule has 0 aliphatic carbocycles. The highest BCUT2D eigenvalue weighted by atomic mass is 32.2. The van der Waals surface area contributed by atoms with Gasteiger partial charge in [-0.15, -0.1) is 10.2 Å². The maximum Gasteiger partial charge on any atom is 0.298 e. The van der Waals surface area contributed by atoms with Crippen LogP contribution in [0.1, 0.15) is 5.56 Å². The fourth-order valence-corrected chi connectivity index (χ4v) is 4.92. The predicted octanol–water partition coefficient (Wildman–Crippen LogP) is 3.02. The van der Waals surface area contributed by atoms with Crippen LogP contribution in [0.3, 0.4) is 0 Å². The number of rotatable bonds is 6. The molecular weight excluding hydrogens is 516 g/mol. The Balaban J connectivity index is 2.31. The molecule has 0 bridgehead atoms. The molecule has 3 aromatic rings. The van der Waals surface area contributed by atoms with Crippen LogP contribution in [0.15, 0.2) is 61.3 Å². The van der Waals surface area contributed by atoms with Gasteiger partial charge in [0.15, 0.2) is 5.75 Å². The van der Waals surface area contributed by atoms with Gasteiger partial charge in [0.1, 0.15) is 26.9 Å². The first-order chi connectivity index (χ1) is 15.5. The predicted molar refractivity (Wildman–Crippen MR) is 117 cm³/mol. The molecule has 0 saturated carbocycles. The third-order valence-corrected chi connectivity index (χ3v) is 7.32. The maximum absolute atomic E-state index is 11.7. The molecule has 3 aromatic carbocycles. The Morgan fingerprint density at radius 3 is 1.94 bits per heavy atom. The first-order valence-electron chi connectivity index (χ1n) is 8.86. The third-order valence-electron chi connectivity index (χ3n) is 4.61. The van der Waals surface area contributed by atoms with Crippen molar-refractivity contribution in [1.82, 2.24) is 0 Å². The first kappa shape index (κ1) is 25.5. The van der Waals surface area contributed by atoms with Gasteiger partial charge in [0, 0.05) is 11.5 Å². The van der Waals surface area contributed by atoms with Gasteiger partial charge < -0.3 is 9.84 Å². The molecule has 0 heterocycles. The van der Waals surface area contributed by atoms with Gasteiger partial charge in [-0.25, -0.2) is 0 Å². The summed E-state index contributed by atoms with van der Waals surface area (Å²) in [4.78, 5) is -2.05. The van der Waals surface area contributed by atoms with E-state index in [2.05, 4.69) is 10.2 Å². The smallest absolute Gasteiger partial charge is 0.298 e. The molecule has 0 saturated heterocycles. The molecule has 0 spiro atoms. The SMILES string of the molecule is COc1cc(S(=O)(=O)O)c(C)cc1N=Nc1c(O)c(S(=O)(=O)O)cc2cc(S(=O)(=O)O)ccc12. The van der Waals surface area contributed by atoms with Gasteiger partial charge in [-0.1, -0.05) is 6.07 Å². The van der Waals surface area contributed by atoms with Crippen LogP contribution in [0.25, 0.3) is 10.8 Å². The van der Waals surface area contributed by atoms with Gasteiger partial charge in [0.2, 0.25) is 0 Å². The number of hydrogen-bond acceptors (Lipinski definition) is 10. The lowest BCUT2D eigenvalue weighted by molar-refractivity contribution is 0.413. The van der Waals surface area contributed by atoms with E-state index in [0.717, 1.165) is 30.3 Å². The van der Waals surface area contributed by atoms with Gasteiger partial charge in [0.05, 0.1) is 12.0 Å².